The van der Waals surface area contributed by atoms with Crippen LogP contribution in [-0.4, -0.2) is 72.5 Å². The van der Waals surface area contributed by atoms with Gasteiger partial charge in [-0.05, 0) is 37.3 Å². The number of nitriles is 1. The van der Waals surface area contributed by atoms with Gasteiger partial charge in [0.15, 0.2) is 0 Å². The highest BCUT2D eigenvalue weighted by Crippen LogP contribution is 2.17. The molecule has 1 aromatic carbocycles. The number of ether oxygens (including phenoxy) is 1. The van der Waals surface area contributed by atoms with Crippen LogP contribution in [0, 0.1) is 17.1 Å². The third-order valence-corrected chi connectivity index (χ3v) is 5.09. The van der Waals surface area contributed by atoms with Gasteiger partial charge < -0.3 is 15.0 Å². The van der Waals surface area contributed by atoms with E-state index in [2.05, 4.69) is 15.2 Å². The summed E-state index contributed by atoms with van der Waals surface area (Å²) in [4.78, 5) is 32.9. The number of hydrogen-bond acceptors (Lipinski definition) is 6. The van der Waals surface area contributed by atoms with Gasteiger partial charge in [-0.1, -0.05) is 0 Å². The van der Waals surface area contributed by atoms with Crippen LogP contribution in [0.15, 0.2) is 36.5 Å². The van der Waals surface area contributed by atoms with E-state index in [-0.39, 0.29) is 34.5 Å². The summed E-state index contributed by atoms with van der Waals surface area (Å²) in [5.74, 6) is -1.51. The van der Waals surface area contributed by atoms with Crippen molar-refractivity contribution < 1.29 is 18.7 Å². The van der Waals surface area contributed by atoms with Gasteiger partial charge in [-0.3, -0.25) is 14.5 Å². The summed E-state index contributed by atoms with van der Waals surface area (Å²) in [5.41, 5.74) is 0.594. The Kier molecular flexibility index (Phi) is 7.28. The summed E-state index contributed by atoms with van der Waals surface area (Å²) in [5, 5.41) is 11.5. The summed E-state index contributed by atoms with van der Waals surface area (Å²) in [6.45, 7) is 5.47. The standard InChI is InChI=1S/C22H24FN5O3/c1-15(28-5-7-31-8-6-28)14-27(2)22(30)17-9-18(23)12-19(11-17)26-21(29)16-3-4-25-20(10-16)13-24/h3-4,9-12,15H,5-8,14H2,1-2H3,(H,26,29). The first-order valence-corrected chi connectivity index (χ1v) is 9.92. The third-order valence-electron chi connectivity index (χ3n) is 5.09. The minimum atomic E-state index is -0.636. The highest BCUT2D eigenvalue weighted by atomic mass is 19.1. The van der Waals surface area contributed by atoms with Gasteiger partial charge in [0.1, 0.15) is 17.6 Å². The number of aromatic nitrogens is 1. The maximum atomic E-state index is 14.2. The minimum absolute atomic E-state index is 0.0961. The Hall–Kier alpha value is -3.35. The molecule has 2 amide bonds. The molecule has 1 aliphatic heterocycles. The zero-order chi connectivity index (χ0) is 22.4. The molecule has 0 aliphatic carbocycles. The van der Waals surface area contributed by atoms with Gasteiger partial charge in [-0.15, -0.1) is 0 Å². The van der Waals surface area contributed by atoms with Gasteiger partial charge in [-0.25, -0.2) is 9.37 Å². The average molecular weight is 425 g/mol. The van der Waals surface area contributed by atoms with E-state index in [4.69, 9.17) is 10.00 Å². The first kappa shape index (κ1) is 22.3. The highest BCUT2D eigenvalue weighted by molar-refractivity contribution is 6.05. The molecule has 3 rings (SSSR count). The lowest BCUT2D eigenvalue weighted by Gasteiger charge is -2.34. The normalized spacial score (nSPS) is 15.0. The van der Waals surface area contributed by atoms with Gasteiger partial charge in [0.2, 0.25) is 0 Å². The monoisotopic (exact) mass is 425 g/mol. The van der Waals surface area contributed by atoms with Gasteiger partial charge >= 0.3 is 0 Å². The average Bonchev–Trinajstić information content (AvgIpc) is 2.78. The molecule has 8 nitrogen and oxygen atoms in total. The Morgan fingerprint density at radius 3 is 2.74 bits per heavy atom. The number of benzene rings is 1. The SMILES string of the molecule is CC(CN(C)C(=O)c1cc(F)cc(NC(=O)c2ccnc(C#N)c2)c1)N1CCOCC1. The van der Waals surface area contributed by atoms with Crippen molar-refractivity contribution in [3.63, 3.8) is 0 Å². The molecule has 2 aromatic rings. The number of rotatable bonds is 6. The van der Waals surface area contributed by atoms with E-state index in [9.17, 15) is 14.0 Å². The fourth-order valence-corrected chi connectivity index (χ4v) is 3.45. The number of anilines is 1. The molecule has 1 atom stereocenters. The number of carbonyl (C=O) groups is 2. The number of halogens is 1. The summed E-state index contributed by atoms with van der Waals surface area (Å²) in [7, 11) is 1.67. The first-order chi connectivity index (χ1) is 14.9. The van der Waals surface area contributed by atoms with Crippen LogP contribution in [0.3, 0.4) is 0 Å². The molecular formula is C22H24FN5O3. The van der Waals surface area contributed by atoms with Gasteiger partial charge in [0.05, 0.1) is 13.2 Å². The van der Waals surface area contributed by atoms with Crippen molar-refractivity contribution in [2.24, 2.45) is 0 Å². The van der Waals surface area contributed by atoms with Crippen LogP contribution >= 0.6 is 0 Å². The highest BCUT2D eigenvalue weighted by Gasteiger charge is 2.22. The topological polar surface area (TPSA) is 98.6 Å². The molecule has 0 radical (unpaired) electrons. The minimum Gasteiger partial charge on any atom is -0.379 e. The van der Waals surface area contributed by atoms with E-state index >= 15 is 0 Å². The fraction of sp³-hybridized carbons (Fsp3) is 0.364. The molecule has 0 saturated carbocycles. The molecule has 2 heterocycles. The number of nitrogens with one attached hydrogen (secondary N) is 1. The zero-order valence-corrected chi connectivity index (χ0v) is 17.5. The number of pyridine rings is 1. The number of hydrogen-bond donors (Lipinski definition) is 1. The number of morpholine rings is 1. The van der Waals surface area contributed by atoms with E-state index in [1.807, 2.05) is 13.0 Å². The molecule has 0 bridgehead atoms. The van der Waals surface area contributed by atoms with Crippen molar-refractivity contribution in [2.45, 2.75) is 13.0 Å². The van der Waals surface area contributed by atoms with Crippen LogP contribution in [0.1, 0.15) is 33.3 Å². The largest absolute Gasteiger partial charge is 0.379 e. The number of amides is 2. The lowest BCUT2D eigenvalue weighted by molar-refractivity contribution is 0.0142. The maximum Gasteiger partial charge on any atom is 0.255 e. The Bertz CT molecular complexity index is 1000. The van der Waals surface area contributed by atoms with E-state index in [1.54, 1.807) is 11.9 Å². The molecule has 1 unspecified atom stereocenters. The van der Waals surface area contributed by atoms with Crippen molar-refractivity contribution in [2.75, 3.05) is 45.2 Å². The summed E-state index contributed by atoms with van der Waals surface area (Å²) in [6.07, 6.45) is 1.35. The zero-order valence-electron chi connectivity index (χ0n) is 17.5. The summed E-state index contributed by atoms with van der Waals surface area (Å²) >= 11 is 0. The van der Waals surface area contributed by atoms with Crippen LogP contribution in [0.2, 0.25) is 0 Å². The Morgan fingerprint density at radius 1 is 1.29 bits per heavy atom. The molecule has 0 spiro atoms. The molecule has 1 aromatic heterocycles. The number of carbonyl (C=O) groups excluding carboxylic acids is 2. The lowest BCUT2D eigenvalue weighted by Crippen LogP contribution is -2.47. The Balaban J connectivity index is 1.69. The molecule has 1 saturated heterocycles. The lowest BCUT2D eigenvalue weighted by atomic mass is 10.1. The summed E-state index contributed by atoms with van der Waals surface area (Å²) in [6, 6.07) is 8.49. The fourth-order valence-electron chi connectivity index (χ4n) is 3.45. The Labute approximate surface area is 180 Å². The van der Waals surface area contributed by atoms with Crippen LogP contribution in [0.5, 0.6) is 0 Å². The smallest absolute Gasteiger partial charge is 0.255 e. The van der Waals surface area contributed by atoms with Crippen molar-refractivity contribution >= 4 is 17.5 Å². The van der Waals surface area contributed by atoms with E-state index < -0.39 is 11.7 Å². The van der Waals surface area contributed by atoms with Gasteiger partial charge in [-0.2, -0.15) is 5.26 Å². The Morgan fingerprint density at radius 2 is 2.03 bits per heavy atom. The van der Waals surface area contributed by atoms with E-state index in [1.165, 1.54) is 24.4 Å². The molecule has 31 heavy (non-hydrogen) atoms. The van der Waals surface area contributed by atoms with Crippen LogP contribution in [0.4, 0.5) is 10.1 Å². The number of nitrogens with zero attached hydrogens (tertiary/aromatic N) is 4. The van der Waals surface area contributed by atoms with Crippen LogP contribution < -0.4 is 5.32 Å². The quantitative estimate of drug-likeness (QED) is 0.761. The molecular weight excluding hydrogens is 401 g/mol. The second-order valence-electron chi connectivity index (χ2n) is 7.41. The molecule has 1 aliphatic rings. The van der Waals surface area contributed by atoms with Crippen molar-refractivity contribution in [3.05, 3.63) is 59.2 Å². The van der Waals surface area contributed by atoms with Crippen LogP contribution in [-0.2, 0) is 4.74 Å². The van der Waals surface area contributed by atoms with Gasteiger partial charge in [0, 0.05) is 55.7 Å². The van der Waals surface area contributed by atoms with E-state index in [0.29, 0.717) is 19.8 Å². The van der Waals surface area contributed by atoms with Crippen molar-refractivity contribution in [1.29, 1.82) is 5.26 Å². The third kappa shape index (κ3) is 5.84. The van der Waals surface area contributed by atoms with Gasteiger partial charge in [0.25, 0.3) is 11.8 Å². The van der Waals surface area contributed by atoms with Crippen molar-refractivity contribution in [1.82, 2.24) is 14.8 Å². The molecule has 162 valence electrons. The van der Waals surface area contributed by atoms with E-state index in [0.717, 1.165) is 25.2 Å². The molecule has 1 N–H and O–H groups in total. The molecule has 9 heteroatoms. The predicted molar refractivity (Wildman–Crippen MR) is 112 cm³/mol. The maximum absolute atomic E-state index is 14.2. The number of likely N-dealkylation sites (N-methyl/N-ethyl adjacent to an activating group) is 1. The molecule has 1 fully saturated rings. The second kappa shape index (κ2) is 10.1. The second-order valence-corrected chi connectivity index (χ2v) is 7.41. The first-order valence-electron chi connectivity index (χ1n) is 9.92. The predicted octanol–water partition coefficient (Wildman–Crippen LogP) is 2.14. The van der Waals surface area contributed by atoms with Crippen LogP contribution in [0.25, 0.3) is 0 Å². The summed E-state index contributed by atoms with van der Waals surface area (Å²) < 4.78 is 19.5. The van der Waals surface area contributed by atoms with Crippen molar-refractivity contribution in [3.8, 4) is 6.07 Å².